The number of halogens is 1. The van der Waals surface area contributed by atoms with Crippen molar-refractivity contribution in [2.45, 2.75) is 64.6 Å². The SMILES string of the molecule is COc1ccc(C)cc1N(CC(=O)N(Cc1ccc(Br)cc1)[C@@H](C)C(=O)NC(C)(C)C)S(=O)(=O)c1ccc(C)cc1. The van der Waals surface area contributed by atoms with Gasteiger partial charge in [-0.15, -0.1) is 0 Å². The molecule has 3 aromatic rings. The molecule has 0 fully saturated rings. The maximum absolute atomic E-state index is 14.1. The Kier molecular flexibility index (Phi) is 10.3. The second-order valence-corrected chi connectivity index (χ2v) is 13.8. The van der Waals surface area contributed by atoms with Gasteiger partial charge in [-0.3, -0.25) is 13.9 Å². The lowest BCUT2D eigenvalue weighted by molar-refractivity contribution is -0.140. The summed E-state index contributed by atoms with van der Waals surface area (Å²) in [6.07, 6.45) is 0. The molecule has 0 aliphatic rings. The third-order valence-electron chi connectivity index (χ3n) is 6.42. The Hall–Kier alpha value is -3.37. The van der Waals surface area contributed by atoms with Crippen LogP contribution in [0.5, 0.6) is 5.75 Å². The quantitative estimate of drug-likeness (QED) is 0.310. The highest BCUT2D eigenvalue weighted by Crippen LogP contribution is 2.34. The lowest BCUT2D eigenvalue weighted by Crippen LogP contribution is -2.54. The van der Waals surface area contributed by atoms with Crippen LogP contribution in [0.4, 0.5) is 5.69 Å². The number of anilines is 1. The van der Waals surface area contributed by atoms with Crippen LogP contribution in [0.25, 0.3) is 0 Å². The number of amides is 2. The van der Waals surface area contributed by atoms with Crippen molar-refractivity contribution in [1.29, 1.82) is 0 Å². The van der Waals surface area contributed by atoms with Crippen LogP contribution in [0.15, 0.2) is 76.1 Å². The number of carbonyl (C=O) groups excluding carboxylic acids is 2. The van der Waals surface area contributed by atoms with E-state index in [1.807, 2.05) is 58.9 Å². The molecule has 1 N–H and O–H groups in total. The highest BCUT2D eigenvalue weighted by Gasteiger charge is 2.34. The zero-order chi connectivity index (χ0) is 30.5. The van der Waals surface area contributed by atoms with E-state index in [4.69, 9.17) is 4.74 Å². The van der Waals surface area contributed by atoms with Gasteiger partial charge < -0.3 is 15.0 Å². The van der Waals surface area contributed by atoms with E-state index in [1.165, 1.54) is 24.1 Å². The summed E-state index contributed by atoms with van der Waals surface area (Å²) < 4.78 is 35.6. The molecule has 2 amide bonds. The number of hydrogen-bond acceptors (Lipinski definition) is 5. The Morgan fingerprint density at radius 3 is 2.10 bits per heavy atom. The summed E-state index contributed by atoms with van der Waals surface area (Å²) in [5.41, 5.74) is 2.20. The third-order valence-corrected chi connectivity index (χ3v) is 8.73. The van der Waals surface area contributed by atoms with E-state index in [-0.39, 0.29) is 23.0 Å². The average molecular weight is 645 g/mol. The lowest BCUT2D eigenvalue weighted by Gasteiger charge is -2.33. The standard InChI is InChI=1S/C31H38BrN3O5S/c1-21-8-15-26(16-9-21)41(38,39)35(27-18-22(2)10-17-28(27)40-7)20-29(36)34(19-24-11-13-25(32)14-12-24)23(3)30(37)33-31(4,5)6/h8-18,23H,19-20H2,1-7H3,(H,33,37)/t23-/m0/s1. The first kappa shape index (κ1) is 32.1. The molecule has 10 heteroatoms. The summed E-state index contributed by atoms with van der Waals surface area (Å²) in [5, 5.41) is 2.93. The fraction of sp³-hybridized carbons (Fsp3) is 0.355. The summed E-state index contributed by atoms with van der Waals surface area (Å²) in [5.74, 6) is -0.579. The molecule has 3 rings (SSSR count). The molecule has 0 bridgehead atoms. The van der Waals surface area contributed by atoms with Crippen LogP contribution in [0, 0.1) is 13.8 Å². The van der Waals surface area contributed by atoms with Gasteiger partial charge in [-0.05, 0) is 89.1 Å². The van der Waals surface area contributed by atoms with E-state index in [1.54, 1.807) is 37.3 Å². The minimum Gasteiger partial charge on any atom is -0.495 e. The maximum atomic E-state index is 14.1. The number of sulfonamides is 1. The molecule has 0 saturated heterocycles. The zero-order valence-electron chi connectivity index (χ0n) is 24.6. The Balaban J connectivity index is 2.10. The second kappa shape index (κ2) is 13.1. The van der Waals surface area contributed by atoms with Crippen molar-refractivity contribution in [3.8, 4) is 5.75 Å². The number of ether oxygens (including phenoxy) is 1. The average Bonchev–Trinajstić information content (AvgIpc) is 2.90. The molecule has 0 unspecified atom stereocenters. The van der Waals surface area contributed by atoms with Crippen LogP contribution in [-0.4, -0.2) is 50.4 Å². The molecule has 8 nitrogen and oxygen atoms in total. The molecule has 220 valence electrons. The van der Waals surface area contributed by atoms with Gasteiger partial charge >= 0.3 is 0 Å². The summed E-state index contributed by atoms with van der Waals surface area (Å²) in [6, 6.07) is 18.1. The summed E-state index contributed by atoms with van der Waals surface area (Å²) >= 11 is 3.42. The number of carbonyl (C=O) groups is 2. The van der Waals surface area contributed by atoms with Crippen LogP contribution in [-0.2, 0) is 26.2 Å². The van der Waals surface area contributed by atoms with E-state index in [0.29, 0.717) is 5.75 Å². The van der Waals surface area contributed by atoms with Crippen molar-refractivity contribution in [3.05, 3.63) is 87.9 Å². The van der Waals surface area contributed by atoms with Crippen LogP contribution in [0.3, 0.4) is 0 Å². The van der Waals surface area contributed by atoms with Gasteiger partial charge in [0.15, 0.2) is 0 Å². The van der Waals surface area contributed by atoms with Crippen LogP contribution in [0.1, 0.15) is 44.4 Å². The van der Waals surface area contributed by atoms with Gasteiger partial charge in [0.25, 0.3) is 10.0 Å². The van der Waals surface area contributed by atoms with Crippen LogP contribution < -0.4 is 14.4 Å². The Morgan fingerprint density at radius 2 is 1.54 bits per heavy atom. The van der Waals surface area contributed by atoms with Crippen LogP contribution >= 0.6 is 15.9 Å². The molecule has 0 aliphatic heterocycles. The molecule has 0 aliphatic carbocycles. The van der Waals surface area contributed by atoms with Crippen molar-refractivity contribution in [1.82, 2.24) is 10.2 Å². The fourth-order valence-electron chi connectivity index (χ4n) is 4.19. The molecule has 0 spiro atoms. The first-order valence-corrected chi connectivity index (χ1v) is 15.5. The zero-order valence-corrected chi connectivity index (χ0v) is 27.0. The summed E-state index contributed by atoms with van der Waals surface area (Å²) in [4.78, 5) is 28.8. The maximum Gasteiger partial charge on any atom is 0.264 e. The molecule has 0 radical (unpaired) electrons. The smallest absolute Gasteiger partial charge is 0.264 e. The second-order valence-electron chi connectivity index (χ2n) is 11.1. The number of benzene rings is 3. The van der Waals surface area contributed by atoms with Gasteiger partial charge in [-0.2, -0.15) is 0 Å². The third kappa shape index (κ3) is 8.33. The monoisotopic (exact) mass is 643 g/mol. The minimum atomic E-state index is -4.20. The summed E-state index contributed by atoms with van der Waals surface area (Å²) in [7, 11) is -2.75. The van der Waals surface area contributed by atoms with Crippen molar-refractivity contribution in [3.63, 3.8) is 0 Å². The van der Waals surface area contributed by atoms with Gasteiger partial charge in [0.1, 0.15) is 18.3 Å². The lowest BCUT2D eigenvalue weighted by atomic mass is 10.1. The van der Waals surface area contributed by atoms with E-state index < -0.39 is 34.1 Å². The van der Waals surface area contributed by atoms with E-state index >= 15 is 0 Å². The molecule has 3 aromatic carbocycles. The van der Waals surface area contributed by atoms with Gasteiger partial charge in [0.05, 0.1) is 17.7 Å². The number of nitrogens with one attached hydrogen (secondary N) is 1. The van der Waals surface area contributed by atoms with E-state index in [0.717, 1.165) is 25.5 Å². The topological polar surface area (TPSA) is 96.0 Å². The van der Waals surface area contributed by atoms with E-state index in [9.17, 15) is 18.0 Å². The number of methoxy groups -OCH3 is 1. The van der Waals surface area contributed by atoms with Gasteiger partial charge in [0, 0.05) is 16.6 Å². The van der Waals surface area contributed by atoms with Gasteiger partial charge in [-0.25, -0.2) is 8.42 Å². The number of aryl methyl sites for hydroxylation is 2. The minimum absolute atomic E-state index is 0.0393. The molecular weight excluding hydrogens is 606 g/mol. The number of rotatable bonds is 10. The van der Waals surface area contributed by atoms with Crippen molar-refractivity contribution >= 4 is 43.5 Å². The number of nitrogens with zero attached hydrogens (tertiary/aromatic N) is 2. The molecular formula is C31H38BrN3O5S. The largest absolute Gasteiger partial charge is 0.495 e. The molecule has 1 atom stereocenters. The first-order valence-electron chi connectivity index (χ1n) is 13.2. The molecule has 0 aromatic heterocycles. The Bertz CT molecular complexity index is 1480. The van der Waals surface area contributed by atoms with Gasteiger partial charge in [0.2, 0.25) is 11.8 Å². The van der Waals surface area contributed by atoms with Crippen molar-refractivity contribution in [2.24, 2.45) is 0 Å². The van der Waals surface area contributed by atoms with Crippen LogP contribution in [0.2, 0.25) is 0 Å². The van der Waals surface area contributed by atoms with Crippen molar-refractivity contribution in [2.75, 3.05) is 18.0 Å². The normalized spacial score (nSPS) is 12.4. The Labute approximate surface area is 251 Å². The number of hydrogen-bond donors (Lipinski definition) is 1. The fourth-order valence-corrected chi connectivity index (χ4v) is 5.87. The predicted octanol–water partition coefficient (Wildman–Crippen LogP) is 5.60. The predicted molar refractivity (Wildman–Crippen MR) is 165 cm³/mol. The van der Waals surface area contributed by atoms with Gasteiger partial charge in [-0.1, -0.05) is 51.8 Å². The highest BCUT2D eigenvalue weighted by atomic mass is 79.9. The summed E-state index contributed by atoms with van der Waals surface area (Å²) in [6.45, 7) is 10.5. The Morgan fingerprint density at radius 1 is 0.951 bits per heavy atom. The molecule has 41 heavy (non-hydrogen) atoms. The molecule has 0 saturated carbocycles. The first-order chi connectivity index (χ1) is 19.1. The van der Waals surface area contributed by atoms with E-state index in [2.05, 4.69) is 21.2 Å². The van der Waals surface area contributed by atoms with Crippen molar-refractivity contribution < 1.29 is 22.7 Å². The highest BCUT2D eigenvalue weighted by molar-refractivity contribution is 9.10. The molecule has 0 heterocycles.